The number of hydrogen-bond donors (Lipinski definition) is 1. The lowest BCUT2D eigenvalue weighted by Crippen LogP contribution is -2.29. The molecule has 23 heavy (non-hydrogen) atoms. The maximum absolute atomic E-state index is 12.2. The molecule has 124 valence electrons. The smallest absolute Gasteiger partial charge is 0.307 e. The molecule has 0 spiro atoms. The van der Waals surface area contributed by atoms with Gasteiger partial charge in [-0.3, -0.25) is 9.59 Å². The van der Waals surface area contributed by atoms with Crippen molar-refractivity contribution >= 4 is 17.2 Å². The van der Waals surface area contributed by atoms with Crippen LogP contribution in [0.5, 0.6) is 5.75 Å². The minimum atomic E-state index is -0.0508. The van der Waals surface area contributed by atoms with Gasteiger partial charge in [-0.2, -0.15) is 0 Å². The Labute approximate surface area is 139 Å². The monoisotopic (exact) mass is 334 g/mol. The topological polar surface area (TPSA) is 60.3 Å². The van der Waals surface area contributed by atoms with Gasteiger partial charge in [0.05, 0.1) is 13.2 Å². The zero-order valence-corrected chi connectivity index (χ0v) is 14.5. The fraction of sp³-hybridized carbons (Fsp3) is 0.412. The predicted octanol–water partition coefficient (Wildman–Crippen LogP) is 2.88. The summed E-state index contributed by atoms with van der Waals surface area (Å²) in [5.74, 6) is 0.743. The van der Waals surface area contributed by atoms with Gasteiger partial charge in [-0.05, 0) is 31.0 Å². The molecule has 2 aromatic rings. The van der Waals surface area contributed by atoms with E-state index in [2.05, 4.69) is 5.32 Å². The fourth-order valence-corrected chi connectivity index (χ4v) is 3.17. The fourth-order valence-electron chi connectivity index (χ4n) is 2.41. The second-order valence-corrected chi connectivity index (χ2v) is 6.17. The second kappa shape index (κ2) is 7.97. The number of hydrogen-bond acceptors (Lipinski definition) is 4. The van der Waals surface area contributed by atoms with Crippen LogP contribution in [0.2, 0.25) is 0 Å². The van der Waals surface area contributed by atoms with Crippen molar-refractivity contribution in [2.24, 2.45) is 0 Å². The molecule has 0 fully saturated rings. The summed E-state index contributed by atoms with van der Waals surface area (Å²) >= 11 is 1.17. The van der Waals surface area contributed by atoms with Gasteiger partial charge in [0.2, 0.25) is 5.91 Å². The van der Waals surface area contributed by atoms with E-state index in [-0.39, 0.29) is 16.8 Å². The molecular weight excluding hydrogens is 312 g/mol. The third kappa shape index (κ3) is 4.45. The molecule has 1 heterocycles. The second-order valence-electron chi connectivity index (χ2n) is 5.35. The Morgan fingerprint density at radius 3 is 2.57 bits per heavy atom. The molecule has 0 radical (unpaired) electrons. The summed E-state index contributed by atoms with van der Waals surface area (Å²) in [4.78, 5) is 23.8. The summed E-state index contributed by atoms with van der Waals surface area (Å²) in [6, 6.07) is 7.66. The number of rotatable bonds is 7. The highest BCUT2D eigenvalue weighted by molar-refractivity contribution is 7.07. The maximum Gasteiger partial charge on any atom is 0.307 e. The Kier molecular flexibility index (Phi) is 5.98. The van der Waals surface area contributed by atoms with Crippen molar-refractivity contribution in [1.29, 1.82) is 0 Å². The molecule has 0 bridgehead atoms. The van der Waals surface area contributed by atoms with E-state index in [1.165, 1.54) is 11.3 Å². The molecule has 1 atom stereocenters. The summed E-state index contributed by atoms with van der Waals surface area (Å²) in [5.41, 5.74) is 1.94. The third-order valence-electron chi connectivity index (χ3n) is 3.80. The van der Waals surface area contributed by atoms with Crippen LogP contribution in [0.15, 0.2) is 34.4 Å². The first kappa shape index (κ1) is 17.3. The highest BCUT2D eigenvalue weighted by Gasteiger charge is 2.13. The molecule has 1 N–H and O–H groups in total. The molecule has 2 rings (SSSR count). The minimum Gasteiger partial charge on any atom is -0.497 e. The van der Waals surface area contributed by atoms with E-state index in [1.54, 1.807) is 11.7 Å². The molecule has 6 heteroatoms. The van der Waals surface area contributed by atoms with Gasteiger partial charge in [0.25, 0.3) is 0 Å². The van der Waals surface area contributed by atoms with Crippen LogP contribution in [0.25, 0.3) is 0 Å². The normalized spacial score (nSPS) is 12.0. The van der Waals surface area contributed by atoms with Crippen molar-refractivity contribution in [2.45, 2.75) is 39.3 Å². The Bertz CT molecular complexity index is 703. The quantitative estimate of drug-likeness (QED) is 0.847. The molecule has 0 aliphatic carbocycles. The van der Waals surface area contributed by atoms with E-state index in [4.69, 9.17) is 4.74 Å². The molecular formula is C17H22N2O3S. The zero-order chi connectivity index (χ0) is 16.8. The lowest BCUT2D eigenvalue weighted by atomic mass is 10.0. The van der Waals surface area contributed by atoms with E-state index >= 15 is 0 Å². The first-order chi connectivity index (χ1) is 11.0. The first-order valence-electron chi connectivity index (χ1n) is 7.63. The Morgan fingerprint density at radius 2 is 2.04 bits per heavy atom. The Balaban J connectivity index is 1.95. The van der Waals surface area contributed by atoms with E-state index in [0.29, 0.717) is 13.0 Å². The number of amides is 1. The highest BCUT2D eigenvalue weighted by atomic mass is 32.1. The predicted molar refractivity (Wildman–Crippen MR) is 92.1 cm³/mol. The van der Waals surface area contributed by atoms with Crippen LogP contribution in [-0.4, -0.2) is 17.6 Å². The number of aromatic nitrogens is 1. The van der Waals surface area contributed by atoms with Crippen molar-refractivity contribution in [3.8, 4) is 5.75 Å². The molecule has 1 amide bonds. The van der Waals surface area contributed by atoms with E-state index in [1.807, 2.05) is 43.5 Å². The number of aryl methyl sites for hydroxylation is 1. The number of thiazole rings is 1. The number of ether oxygens (including phenoxy) is 1. The summed E-state index contributed by atoms with van der Waals surface area (Å²) in [7, 11) is 1.63. The maximum atomic E-state index is 12.2. The van der Waals surface area contributed by atoms with E-state index in [9.17, 15) is 9.59 Å². The summed E-state index contributed by atoms with van der Waals surface area (Å²) in [5, 5.41) is 4.84. The molecule has 0 aliphatic heterocycles. The van der Waals surface area contributed by atoms with Gasteiger partial charge in [-0.15, -0.1) is 0 Å². The van der Waals surface area contributed by atoms with Crippen molar-refractivity contribution in [3.63, 3.8) is 0 Å². The number of carbonyl (C=O) groups is 1. The van der Waals surface area contributed by atoms with Gasteiger partial charge < -0.3 is 14.6 Å². The molecule has 1 aromatic carbocycles. The van der Waals surface area contributed by atoms with E-state index < -0.39 is 0 Å². The standard InChI is InChI=1S/C17H22N2O3S/c1-4-15(13-5-7-14(22-3)8-6-13)18-16(20)9-10-19-12(2)11-23-17(19)21/h5-8,11,15H,4,9-10H2,1-3H3,(H,18,20)/t15-/m0/s1. The Hall–Kier alpha value is -2.08. The molecule has 5 nitrogen and oxygen atoms in total. The van der Waals surface area contributed by atoms with Crippen LogP contribution in [0.3, 0.4) is 0 Å². The molecule has 1 aromatic heterocycles. The van der Waals surface area contributed by atoms with Gasteiger partial charge >= 0.3 is 4.87 Å². The lowest BCUT2D eigenvalue weighted by Gasteiger charge is -2.18. The van der Waals surface area contributed by atoms with Crippen molar-refractivity contribution in [3.05, 3.63) is 50.6 Å². The largest absolute Gasteiger partial charge is 0.497 e. The number of nitrogens with one attached hydrogen (secondary N) is 1. The average Bonchev–Trinajstić information content (AvgIpc) is 2.89. The summed E-state index contributed by atoms with van der Waals surface area (Å²) in [6.45, 7) is 4.32. The van der Waals surface area contributed by atoms with Gasteiger partial charge in [0.15, 0.2) is 0 Å². The van der Waals surface area contributed by atoms with Gasteiger partial charge in [-0.1, -0.05) is 30.4 Å². The van der Waals surface area contributed by atoms with Crippen LogP contribution in [0.1, 0.15) is 37.1 Å². The molecule has 0 saturated heterocycles. The SMILES string of the molecule is CC[C@H](NC(=O)CCn1c(C)csc1=O)c1ccc(OC)cc1. The summed E-state index contributed by atoms with van der Waals surface area (Å²) < 4.78 is 6.78. The number of nitrogens with zero attached hydrogens (tertiary/aromatic N) is 1. The van der Waals surface area contributed by atoms with Crippen LogP contribution < -0.4 is 14.9 Å². The molecule has 0 unspecified atom stereocenters. The number of benzene rings is 1. The van der Waals surface area contributed by atoms with Crippen molar-refractivity contribution < 1.29 is 9.53 Å². The van der Waals surface area contributed by atoms with E-state index in [0.717, 1.165) is 23.4 Å². The number of methoxy groups -OCH3 is 1. The summed E-state index contributed by atoms with van der Waals surface area (Å²) in [6.07, 6.45) is 1.10. The highest BCUT2D eigenvalue weighted by Crippen LogP contribution is 2.20. The first-order valence-corrected chi connectivity index (χ1v) is 8.51. The van der Waals surface area contributed by atoms with Gasteiger partial charge in [-0.25, -0.2) is 0 Å². The molecule has 0 saturated carbocycles. The molecule has 0 aliphatic rings. The van der Waals surface area contributed by atoms with Crippen molar-refractivity contribution in [2.75, 3.05) is 7.11 Å². The average molecular weight is 334 g/mol. The van der Waals surface area contributed by atoms with Crippen LogP contribution >= 0.6 is 11.3 Å². The Morgan fingerprint density at radius 1 is 1.35 bits per heavy atom. The van der Waals surface area contributed by atoms with Crippen LogP contribution in [0.4, 0.5) is 0 Å². The van der Waals surface area contributed by atoms with Crippen LogP contribution in [0, 0.1) is 6.92 Å². The van der Waals surface area contributed by atoms with Gasteiger partial charge in [0, 0.05) is 24.0 Å². The van der Waals surface area contributed by atoms with Gasteiger partial charge in [0.1, 0.15) is 5.75 Å². The zero-order valence-electron chi connectivity index (χ0n) is 13.7. The van der Waals surface area contributed by atoms with Crippen LogP contribution in [-0.2, 0) is 11.3 Å². The number of carbonyl (C=O) groups excluding carboxylic acids is 1. The van der Waals surface area contributed by atoms with Crippen molar-refractivity contribution in [1.82, 2.24) is 9.88 Å². The lowest BCUT2D eigenvalue weighted by molar-refractivity contribution is -0.122. The minimum absolute atomic E-state index is 0.0162. The third-order valence-corrected chi connectivity index (χ3v) is 4.68.